The van der Waals surface area contributed by atoms with E-state index in [0.717, 1.165) is 17.4 Å². The van der Waals surface area contributed by atoms with E-state index in [1.165, 1.54) is 12.1 Å². The van der Waals surface area contributed by atoms with Gasteiger partial charge in [-0.15, -0.1) is 0 Å². The van der Waals surface area contributed by atoms with E-state index in [1.807, 2.05) is 43.3 Å². The highest BCUT2D eigenvalue weighted by atomic mass is 19.4. The molecule has 0 saturated heterocycles. The Morgan fingerprint density at radius 2 is 1.71 bits per heavy atom. The first-order valence-electron chi connectivity index (χ1n) is 6.54. The minimum absolute atomic E-state index is 0.132. The SMILES string of the molecule is CN(C)c1cccc(NCc2ccccc2C(F)(F)F)c1. The van der Waals surface area contributed by atoms with Crippen LogP contribution in [0, 0.1) is 0 Å². The van der Waals surface area contributed by atoms with Gasteiger partial charge < -0.3 is 10.2 Å². The van der Waals surface area contributed by atoms with Crippen LogP contribution in [0.4, 0.5) is 24.5 Å². The van der Waals surface area contributed by atoms with Crippen molar-refractivity contribution in [3.05, 3.63) is 59.7 Å². The first-order valence-corrected chi connectivity index (χ1v) is 6.54. The molecule has 21 heavy (non-hydrogen) atoms. The van der Waals surface area contributed by atoms with Crippen molar-refractivity contribution >= 4 is 11.4 Å². The molecule has 0 atom stereocenters. The third-order valence-corrected chi connectivity index (χ3v) is 3.17. The lowest BCUT2D eigenvalue weighted by atomic mass is 10.1. The first kappa shape index (κ1) is 15.2. The van der Waals surface area contributed by atoms with E-state index in [2.05, 4.69) is 5.32 Å². The van der Waals surface area contributed by atoms with Crippen LogP contribution in [0.5, 0.6) is 0 Å². The Morgan fingerprint density at radius 3 is 2.38 bits per heavy atom. The standard InChI is InChI=1S/C16H17F3N2/c1-21(2)14-8-5-7-13(10-14)20-11-12-6-3-4-9-15(12)16(17,18)19/h3-10,20H,11H2,1-2H3. The van der Waals surface area contributed by atoms with E-state index in [1.54, 1.807) is 6.07 Å². The van der Waals surface area contributed by atoms with Gasteiger partial charge in [0.05, 0.1) is 5.56 Å². The van der Waals surface area contributed by atoms with Gasteiger partial charge in [0.1, 0.15) is 0 Å². The molecule has 5 heteroatoms. The summed E-state index contributed by atoms with van der Waals surface area (Å²) in [6.07, 6.45) is -4.33. The van der Waals surface area contributed by atoms with Crippen LogP contribution in [0.3, 0.4) is 0 Å². The molecule has 0 aliphatic rings. The van der Waals surface area contributed by atoms with Gasteiger partial charge in [-0.3, -0.25) is 0 Å². The summed E-state index contributed by atoms with van der Waals surface area (Å²) in [6, 6.07) is 13.2. The van der Waals surface area contributed by atoms with Crippen molar-refractivity contribution in [3.63, 3.8) is 0 Å². The van der Waals surface area contributed by atoms with Crippen LogP contribution in [0.2, 0.25) is 0 Å². The van der Waals surface area contributed by atoms with E-state index < -0.39 is 11.7 Å². The molecule has 0 saturated carbocycles. The summed E-state index contributed by atoms with van der Waals surface area (Å²) in [4.78, 5) is 1.94. The van der Waals surface area contributed by atoms with Crippen LogP contribution in [-0.2, 0) is 12.7 Å². The van der Waals surface area contributed by atoms with Gasteiger partial charge in [-0.1, -0.05) is 24.3 Å². The number of alkyl halides is 3. The van der Waals surface area contributed by atoms with Gasteiger partial charge in [-0.2, -0.15) is 13.2 Å². The molecule has 0 heterocycles. The largest absolute Gasteiger partial charge is 0.416 e. The summed E-state index contributed by atoms with van der Waals surface area (Å²) in [5.74, 6) is 0. The molecule has 0 bridgehead atoms. The highest BCUT2D eigenvalue weighted by Gasteiger charge is 2.32. The van der Waals surface area contributed by atoms with Crippen LogP contribution in [-0.4, -0.2) is 14.1 Å². The van der Waals surface area contributed by atoms with Crippen LogP contribution in [0.15, 0.2) is 48.5 Å². The van der Waals surface area contributed by atoms with Gasteiger partial charge in [0.25, 0.3) is 0 Å². The monoisotopic (exact) mass is 294 g/mol. The van der Waals surface area contributed by atoms with Gasteiger partial charge in [-0.25, -0.2) is 0 Å². The van der Waals surface area contributed by atoms with E-state index in [9.17, 15) is 13.2 Å². The smallest absolute Gasteiger partial charge is 0.381 e. The summed E-state index contributed by atoms with van der Waals surface area (Å²) in [7, 11) is 3.83. The van der Waals surface area contributed by atoms with Crippen LogP contribution in [0.25, 0.3) is 0 Å². The van der Waals surface area contributed by atoms with Crippen LogP contribution in [0.1, 0.15) is 11.1 Å². The van der Waals surface area contributed by atoms with Crippen LogP contribution >= 0.6 is 0 Å². The van der Waals surface area contributed by atoms with E-state index in [-0.39, 0.29) is 12.1 Å². The number of hydrogen-bond donors (Lipinski definition) is 1. The number of nitrogens with one attached hydrogen (secondary N) is 1. The molecule has 112 valence electrons. The average molecular weight is 294 g/mol. The molecule has 0 amide bonds. The molecule has 2 nitrogen and oxygen atoms in total. The Hall–Kier alpha value is -2.17. The zero-order valence-electron chi connectivity index (χ0n) is 11.9. The van der Waals surface area contributed by atoms with E-state index in [4.69, 9.17) is 0 Å². The summed E-state index contributed by atoms with van der Waals surface area (Å²) >= 11 is 0. The lowest BCUT2D eigenvalue weighted by Crippen LogP contribution is -2.12. The van der Waals surface area contributed by atoms with Gasteiger partial charge >= 0.3 is 6.18 Å². The third kappa shape index (κ3) is 3.90. The normalized spacial score (nSPS) is 11.3. The highest BCUT2D eigenvalue weighted by Crippen LogP contribution is 2.32. The van der Waals surface area contributed by atoms with Crippen molar-refractivity contribution in [3.8, 4) is 0 Å². The predicted molar refractivity (Wildman–Crippen MR) is 79.5 cm³/mol. The van der Waals surface area contributed by atoms with Crippen molar-refractivity contribution in [1.82, 2.24) is 0 Å². The number of nitrogens with zero attached hydrogens (tertiary/aromatic N) is 1. The molecule has 2 aromatic carbocycles. The Balaban J connectivity index is 2.16. The van der Waals surface area contributed by atoms with Gasteiger partial charge in [0.2, 0.25) is 0 Å². The maximum atomic E-state index is 12.9. The molecule has 0 fully saturated rings. The maximum Gasteiger partial charge on any atom is 0.416 e. The molecule has 1 N–H and O–H groups in total. The van der Waals surface area contributed by atoms with Gasteiger partial charge in [0.15, 0.2) is 0 Å². The number of anilines is 2. The zero-order valence-corrected chi connectivity index (χ0v) is 11.9. The maximum absolute atomic E-state index is 12.9. The summed E-state index contributed by atoms with van der Waals surface area (Å²) in [5, 5.41) is 3.04. The quantitative estimate of drug-likeness (QED) is 0.900. The van der Waals surface area contributed by atoms with Crippen molar-refractivity contribution in [2.75, 3.05) is 24.3 Å². The average Bonchev–Trinajstić information content (AvgIpc) is 2.45. The molecular formula is C16H17F3N2. The predicted octanol–water partition coefficient (Wildman–Crippen LogP) is 4.38. The minimum Gasteiger partial charge on any atom is -0.381 e. The van der Waals surface area contributed by atoms with Crippen molar-refractivity contribution < 1.29 is 13.2 Å². The van der Waals surface area contributed by atoms with Crippen LogP contribution < -0.4 is 10.2 Å². The Labute approximate surface area is 122 Å². The lowest BCUT2D eigenvalue weighted by Gasteiger charge is -2.16. The molecule has 0 spiro atoms. The zero-order chi connectivity index (χ0) is 15.5. The fourth-order valence-corrected chi connectivity index (χ4v) is 2.04. The Bertz CT molecular complexity index is 606. The molecule has 0 aliphatic carbocycles. The second-order valence-corrected chi connectivity index (χ2v) is 4.95. The molecular weight excluding hydrogens is 277 g/mol. The molecule has 0 aliphatic heterocycles. The third-order valence-electron chi connectivity index (χ3n) is 3.17. The summed E-state index contributed by atoms with van der Waals surface area (Å²) in [6.45, 7) is 0.132. The second kappa shape index (κ2) is 6.08. The number of hydrogen-bond acceptors (Lipinski definition) is 2. The Morgan fingerprint density at radius 1 is 1.00 bits per heavy atom. The molecule has 2 aromatic rings. The fraction of sp³-hybridized carbons (Fsp3) is 0.250. The molecule has 2 rings (SSSR count). The molecule has 0 unspecified atom stereocenters. The van der Waals surface area contributed by atoms with Crippen molar-refractivity contribution in [1.29, 1.82) is 0 Å². The van der Waals surface area contributed by atoms with Crippen molar-refractivity contribution in [2.24, 2.45) is 0 Å². The van der Waals surface area contributed by atoms with E-state index in [0.29, 0.717) is 0 Å². The number of benzene rings is 2. The van der Waals surface area contributed by atoms with Gasteiger partial charge in [0, 0.05) is 32.0 Å². The molecule has 0 radical (unpaired) electrons. The van der Waals surface area contributed by atoms with Crippen molar-refractivity contribution in [2.45, 2.75) is 12.7 Å². The summed E-state index contributed by atoms with van der Waals surface area (Å²) in [5.41, 5.74) is 1.42. The highest BCUT2D eigenvalue weighted by molar-refractivity contribution is 5.57. The first-order chi connectivity index (χ1) is 9.88. The topological polar surface area (TPSA) is 15.3 Å². The Kier molecular flexibility index (Phi) is 4.40. The minimum atomic E-state index is -4.33. The lowest BCUT2D eigenvalue weighted by molar-refractivity contribution is -0.138. The summed E-state index contributed by atoms with van der Waals surface area (Å²) < 4.78 is 38.7. The number of halogens is 3. The number of rotatable bonds is 4. The molecule has 0 aromatic heterocycles. The fourth-order valence-electron chi connectivity index (χ4n) is 2.04. The van der Waals surface area contributed by atoms with E-state index >= 15 is 0 Å². The second-order valence-electron chi connectivity index (χ2n) is 4.95. The van der Waals surface area contributed by atoms with Gasteiger partial charge in [-0.05, 0) is 29.8 Å².